The average Bonchev–Trinajstić information content (AvgIpc) is 2.71. The van der Waals surface area contributed by atoms with Crippen LogP contribution in [0.15, 0.2) is 56.9 Å². The third-order valence-electron chi connectivity index (χ3n) is 4.31. The standard InChI is InChI=1S/C21H18BrF2N3O2S/c1-2-14-18(10-15-16(23)4-3-5-17(15)24)26-21(27-20(14)29)30-11-19(28)25-13-8-6-12(22)7-9-13/h3-9H,2,10-11H2,1H3,(H,25,28)(H,26,27,29). The molecule has 1 amide bonds. The van der Waals surface area contributed by atoms with E-state index in [1.165, 1.54) is 18.2 Å². The summed E-state index contributed by atoms with van der Waals surface area (Å²) in [6.45, 7) is 1.77. The number of hydrogen-bond acceptors (Lipinski definition) is 4. The minimum Gasteiger partial charge on any atom is -0.325 e. The highest BCUT2D eigenvalue weighted by atomic mass is 79.9. The van der Waals surface area contributed by atoms with Gasteiger partial charge in [-0.25, -0.2) is 13.8 Å². The molecule has 0 radical (unpaired) electrons. The molecule has 0 saturated carbocycles. The van der Waals surface area contributed by atoms with Gasteiger partial charge >= 0.3 is 0 Å². The number of carbonyl (C=O) groups excluding carboxylic acids is 1. The molecule has 0 bridgehead atoms. The predicted octanol–water partition coefficient (Wildman–Crippen LogP) is 4.69. The van der Waals surface area contributed by atoms with Crippen LogP contribution < -0.4 is 10.9 Å². The number of rotatable bonds is 7. The van der Waals surface area contributed by atoms with E-state index < -0.39 is 11.6 Å². The number of amides is 1. The van der Waals surface area contributed by atoms with Crippen LogP contribution in [0.25, 0.3) is 0 Å². The number of thioether (sulfide) groups is 1. The van der Waals surface area contributed by atoms with E-state index in [0.717, 1.165) is 16.2 Å². The first kappa shape index (κ1) is 22.2. The number of benzene rings is 2. The number of halogens is 3. The zero-order valence-corrected chi connectivity index (χ0v) is 18.4. The van der Waals surface area contributed by atoms with E-state index in [2.05, 4.69) is 31.2 Å². The van der Waals surface area contributed by atoms with Crippen molar-refractivity contribution in [2.75, 3.05) is 11.1 Å². The van der Waals surface area contributed by atoms with Gasteiger partial charge in [-0.1, -0.05) is 40.7 Å². The fourth-order valence-electron chi connectivity index (χ4n) is 2.83. The third kappa shape index (κ3) is 5.54. The van der Waals surface area contributed by atoms with Gasteiger partial charge in [-0.2, -0.15) is 0 Å². The smallest absolute Gasteiger partial charge is 0.254 e. The summed E-state index contributed by atoms with van der Waals surface area (Å²) in [4.78, 5) is 31.6. The molecule has 0 saturated heterocycles. The van der Waals surface area contributed by atoms with Crippen LogP contribution in [0.2, 0.25) is 0 Å². The Morgan fingerprint density at radius 3 is 2.43 bits per heavy atom. The topological polar surface area (TPSA) is 74.8 Å². The molecule has 0 aliphatic heterocycles. The van der Waals surface area contributed by atoms with Crippen LogP contribution in [-0.2, 0) is 17.6 Å². The Balaban J connectivity index is 1.76. The zero-order valence-electron chi connectivity index (χ0n) is 16.0. The predicted molar refractivity (Wildman–Crippen MR) is 117 cm³/mol. The molecule has 9 heteroatoms. The number of nitrogens with zero attached hydrogens (tertiary/aromatic N) is 1. The van der Waals surface area contributed by atoms with E-state index in [1.807, 2.05) is 0 Å². The van der Waals surface area contributed by atoms with Crippen LogP contribution in [0, 0.1) is 11.6 Å². The summed E-state index contributed by atoms with van der Waals surface area (Å²) in [6, 6.07) is 10.7. The van der Waals surface area contributed by atoms with Crippen molar-refractivity contribution in [2.45, 2.75) is 24.9 Å². The van der Waals surface area contributed by atoms with Crippen molar-refractivity contribution in [1.29, 1.82) is 0 Å². The molecule has 3 rings (SSSR count). The van der Waals surface area contributed by atoms with Gasteiger partial charge in [-0.15, -0.1) is 0 Å². The van der Waals surface area contributed by atoms with Crippen LogP contribution >= 0.6 is 27.7 Å². The fraction of sp³-hybridized carbons (Fsp3) is 0.190. The lowest BCUT2D eigenvalue weighted by atomic mass is 10.0. The lowest BCUT2D eigenvalue weighted by Crippen LogP contribution is -2.20. The van der Waals surface area contributed by atoms with Crippen molar-refractivity contribution in [3.05, 3.63) is 85.7 Å². The normalized spacial score (nSPS) is 10.8. The molecule has 0 spiro atoms. The Bertz CT molecular complexity index is 1100. The van der Waals surface area contributed by atoms with Gasteiger partial charge in [0.05, 0.1) is 11.4 Å². The van der Waals surface area contributed by atoms with Crippen LogP contribution in [0.3, 0.4) is 0 Å². The van der Waals surface area contributed by atoms with Crippen molar-refractivity contribution < 1.29 is 13.6 Å². The molecule has 1 heterocycles. The van der Waals surface area contributed by atoms with E-state index in [4.69, 9.17) is 0 Å². The van der Waals surface area contributed by atoms with Gasteiger partial charge in [0.15, 0.2) is 5.16 Å². The second-order valence-electron chi connectivity index (χ2n) is 6.37. The third-order valence-corrected chi connectivity index (χ3v) is 5.71. The number of aromatic amines is 1. The van der Waals surface area contributed by atoms with Gasteiger partial charge < -0.3 is 10.3 Å². The first-order valence-electron chi connectivity index (χ1n) is 9.10. The zero-order chi connectivity index (χ0) is 21.7. The molecule has 0 unspecified atom stereocenters. The molecule has 2 aromatic carbocycles. The van der Waals surface area contributed by atoms with Gasteiger partial charge in [0, 0.05) is 27.7 Å². The molecule has 3 aromatic rings. The first-order chi connectivity index (χ1) is 14.4. The fourth-order valence-corrected chi connectivity index (χ4v) is 3.78. The van der Waals surface area contributed by atoms with Gasteiger partial charge in [0.25, 0.3) is 5.56 Å². The number of carbonyl (C=O) groups is 1. The quantitative estimate of drug-likeness (QED) is 0.369. The molecule has 0 aliphatic carbocycles. The first-order valence-corrected chi connectivity index (χ1v) is 10.9. The Hall–Kier alpha value is -2.52. The number of anilines is 1. The van der Waals surface area contributed by atoms with Crippen LogP contribution in [-0.4, -0.2) is 21.6 Å². The van der Waals surface area contributed by atoms with E-state index in [-0.39, 0.29) is 34.4 Å². The number of nitrogens with one attached hydrogen (secondary N) is 2. The minimum atomic E-state index is -0.692. The molecule has 0 fully saturated rings. The summed E-state index contributed by atoms with van der Waals surface area (Å²) in [5.74, 6) is -1.64. The lowest BCUT2D eigenvalue weighted by molar-refractivity contribution is -0.113. The van der Waals surface area contributed by atoms with Crippen LogP contribution in [0.4, 0.5) is 14.5 Å². The highest BCUT2D eigenvalue weighted by Crippen LogP contribution is 2.20. The lowest BCUT2D eigenvalue weighted by Gasteiger charge is -2.10. The minimum absolute atomic E-state index is 0.0119. The summed E-state index contributed by atoms with van der Waals surface area (Å²) < 4.78 is 29.0. The molecule has 2 N–H and O–H groups in total. The number of H-pyrrole nitrogens is 1. The monoisotopic (exact) mass is 493 g/mol. The summed E-state index contributed by atoms with van der Waals surface area (Å²) in [5, 5.41) is 2.96. The number of aromatic nitrogens is 2. The van der Waals surface area contributed by atoms with E-state index >= 15 is 0 Å². The maximum atomic E-state index is 14.0. The Morgan fingerprint density at radius 1 is 1.13 bits per heavy atom. The van der Waals surface area contributed by atoms with E-state index in [0.29, 0.717) is 23.4 Å². The second kappa shape index (κ2) is 9.99. The molecule has 5 nitrogen and oxygen atoms in total. The summed E-state index contributed by atoms with van der Waals surface area (Å²) in [5.41, 5.74) is 0.772. The molecule has 0 atom stereocenters. The van der Waals surface area contributed by atoms with Crippen molar-refractivity contribution in [1.82, 2.24) is 9.97 Å². The average molecular weight is 494 g/mol. The van der Waals surface area contributed by atoms with Gasteiger partial charge in [0.2, 0.25) is 5.91 Å². The van der Waals surface area contributed by atoms with Crippen LogP contribution in [0.1, 0.15) is 23.7 Å². The highest BCUT2D eigenvalue weighted by Gasteiger charge is 2.16. The Morgan fingerprint density at radius 2 is 1.80 bits per heavy atom. The largest absolute Gasteiger partial charge is 0.325 e. The molecule has 156 valence electrons. The van der Waals surface area contributed by atoms with Gasteiger partial charge in [-0.3, -0.25) is 9.59 Å². The molecule has 0 aliphatic rings. The van der Waals surface area contributed by atoms with Crippen molar-refractivity contribution in [2.24, 2.45) is 0 Å². The molecular formula is C21H18BrF2N3O2S. The Kier molecular flexibility index (Phi) is 7.38. The van der Waals surface area contributed by atoms with Gasteiger partial charge in [0.1, 0.15) is 11.6 Å². The summed E-state index contributed by atoms with van der Waals surface area (Å²) in [7, 11) is 0. The second-order valence-corrected chi connectivity index (χ2v) is 8.25. The van der Waals surface area contributed by atoms with Crippen molar-refractivity contribution in [3.8, 4) is 0 Å². The van der Waals surface area contributed by atoms with E-state index in [1.54, 1.807) is 31.2 Å². The number of hydrogen-bond donors (Lipinski definition) is 2. The van der Waals surface area contributed by atoms with Gasteiger partial charge in [-0.05, 0) is 42.8 Å². The highest BCUT2D eigenvalue weighted by molar-refractivity contribution is 9.10. The van der Waals surface area contributed by atoms with Crippen molar-refractivity contribution >= 4 is 39.3 Å². The SMILES string of the molecule is CCc1c(Cc2c(F)cccc2F)nc(SCC(=O)Nc2ccc(Br)cc2)[nH]c1=O. The maximum Gasteiger partial charge on any atom is 0.254 e. The van der Waals surface area contributed by atoms with E-state index in [9.17, 15) is 18.4 Å². The Labute approximate surface area is 184 Å². The summed E-state index contributed by atoms with van der Waals surface area (Å²) in [6.07, 6.45) is 0.215. The molecule has 30 heavy (non-hydrogen) atoms. The molecule has 1 aromatic heterocycles. The van der Waals surface area contributed by atoms with Crippen LogP contribution in [0.5, 0.6) is 0 Å². The van der Waals surface area contributed by atoms with Crippen molar-refractivity contribution in [3.63, 3.8) is 0 Å². The summed E-state index contributed by atoms with van der Waals surface area (Å²) >= 11 is 4.37. The maximum absolute atomic E-state index is 14.0. The molecular weight excluding hydrogens is 476 g/mol.